The second-order valence-electron chi connectivity index (χ2n) is 6.19. The molecule has 0 unspecified atom stereocenters. The minimum Gasteiger partial charge on any atom is -0.465 e. The van der Waals surface area contributed by atoms with Gasteiger partial charge < -0.3 is 15.4 Å². The van der Waals surface area contributed by atoms with Gasteiger partial charge in [0.15, 0.2) is 0 Å². The van der Waals surface area contributed by atoms with Crippen molar-refractivity contribution in [1.82, 2.24) is 0 Å². The summed E-state index contributed by atoms with van der Waals surface area (Å²) in [4.78, 5) is 36.8. The van der Waals surface area contributed by atoms with Gasteiger partial charge in [0.2, 0.25) is 0 Å². The van der Waals surface area contributed by atoms with E-state index < -0.39 is 11.9 Å². The first-order valence-electron chi connectivity index (χ1n) is 8.73. The largest absolute Gasteiger partial charge is 0.465 e. The summed E-state index contributed by atoms with van der Waals surface area (Å²) in [6, 6.07) is 17.9. The van der Waals surface area contributed by atoms with Crippen LogP contribution in [-0.4, -0.2) is 24.9 Å². The fraction of sp³-hybridized carbons (Fsp3) is 0.0455. The molecule has 0 saturated carbocycles. The molecule has 0 heterocycles. The van der Waals surface area contributed by atoms with Gasteiger partial charge in [-0.3, -0.25) is 9.59 Å². The Morgan fingerprint density at radius 3 is 2.20 bits per heavy atom. The van der Waals surface area contributed by atoms with E-state index in [0.717, 1.165) is 4.47 Å². The fourth-order valence-electron chi connectivity index (χ4n) is 2.63. The second-order valence-corrected chi connectivity index (χ2v) is 7.51. The number of esters is 1. The zero-order valence-electron chi connectivity index (χ0n) is 15.7. The molecule has 3 aromatic rings. The van der Waals surface area contributed by atoms with Crippen molar-refractivity contribution in [3.8, 4) is 0 Å². The number of benzene rings is 3. The van der Waals surface area contributed by atoms with Crippen LogP contribution < -0.4 is 10.6 Å². The lowest BCUT2D eigenvalue weighted by atomic mass is 10.1. The number of hydrogen-bond donors (Lipinski definition) is 2. The maximum atomic E-state index is 12.7. The Bertz CT molecular complexity index is 1130. The van der Waals surface area contributed by atoms with Crippen LogP contribution in [0.3, 0.4) is 0 Å². The van der Waals surface area contributed by atoms with Crippen LogP contribution in [0.1, 0.15) is 31.1 Å². The van der Waals surface area contributed by atoms with E-state index in [1.54, 1.807) is 42.5 Å². The SMILES string of the molecule is COC(=O)c1ccc(Cl)c(NC(=O)c2cccc(NC(=O)c3cccc(Br)c3)c2)c1. The van der Waals surface area contributed by atoms with E-state index in [9.17, 15) is 14.4 Å². The quantitative estimate of drug-likeness (QED) is 0.472. The second kappa shape index (κ2) is 9.56. The summed E-state index contributed by atoms with van der Waals surface area (Å²) in [5, 5.41) is 5.70. The lowest BCUT2D eigenvalue weighted by Crippen LogP contribution is -2.15. The summed E-state index contributed by atoms with van der Waals surface area (Å²) in [6.45, 7) is 0. The van der Waals surface area contributed by atoms with Gasteiger partial charge in [-0.25, -0.2) is 4.79 Å². The van der Waals surface area contributed by atoms with Gasteiger partial charge in [-0.05, 0) is 54.6 Å². The molecule has 0 aliphatic rings. The number of hydrogen-bond acceptors (Lipinski definition) is 4. The summed E-state index contributed by atoms with van der Waals surface area (Å²) in [5.41, 5.74) is 1.77. The molecule has 3 rings (SSSR count). The number of methoxy groups -OCH3 is 1. The first-order valence-corrected chi connectivity index (χ1v) is 9.90. The van der Waals surface area contributed by atoms with Gasteiger partial charge in [0.25, 0.3) is 11.8 Å². The molecule has 2 amide bonds. The first-order chi connectivity index (χ1) is 14.4. The van der Waals surface area contributed by atoms with Crippen molar-refractivity contribution in [3.63, 3.8) is 0 Å². The summed E-state index contributed by atoms with van der Waals surface area (Å²) in [7, 11) is 1.27. The fourth-order valence-corrected chi connectivity index (χ4v) is 3.20. The van der Waals surface area contributed by atoms with Gasteiger partial charge in [0.05, 0.1) is 23.4 Å². The molecule has 0 radical (unpaired) electrons. The molecule has 0 atom stereocenters. The topological polar surface area (TPSA) is 84.5 Å². The molecule has 0 aliphatic heterocycles. The number of carbonyl (C=O) groups is 3. The molecular formula is C22H16BrClN2O4. The van der Waals surface area contributed by atoms with E-state index in [-0.39, 0.29) is 22.2 Å². The number of amides is 2. The molecular weight excluding hydrogens is 472 g/mol. The van der Waals surface area contributed by atoms with E-state index in [2.05, 4.69) is 31.3 Å². The molecule has 0 saturated heterocycles. The predicted molar refractivity (Wildman–Crippen MR) is 119 cm³/mol. The lowest BCUT2D eigenvalue weighted by molar-refractivity contribution is 0.0600. The van der Waals surface area contributed by atoms with Crippen LogP contribution in [-0.2, 0) is 4.74 Å². The van der Waals surface area contributed by atoms with E-state index in [1.165, 1.54) is 25.3 Å². The average Bonchev–Trinajstić information content (AvgIpc) is 2.74. The van der Waals surface area contributed by atoms with E-state index in [0.29, 0.717) is 16.8 Å². The van der Waals surface area contributed by atoms with E-state index >= 15 is 0 Å². The highest BCUT2D eigenvalue weighted by Crippen LogP contribution is 2.24. The van der Waals surface area contributed by atoms with Crippen LogP contribution >= 0.6 is 27.5 Å². The molecule has 0 aliphatic carbocycles. The van der Waals surface area contributed by atoms with Gasteiger partial charge >= 0.3 is 5.97 Å². The standard InChI is InChI=1S/C22H16BrClN2O4/c1-30-22(29)15-8-9-18(24)19(12-15)26-21(28)14-5-3-7-17(11-14)25-20(27)13-4-2-6-16(23)10-13/h2-12H,1H3,(H,25,27)(H,26,28). The highest BCUT2D eigenvalue weighted by molar-refractivity contribution is 9.10. The third-order valence-electron chi connectivity index (χ3n) is 4.11. The smallest absolute Gasteiger partial charge is 0.337 e. The maximum Gasteiger partial charge on any atom is 0.337 e. The summed E-state index contributed by atoms with van der Waals surface area (Å²) >= 11 is 9.46. The van der Waals surface area contributed by atoms with Gasteiger partial charge in [-0.15, -0.1) is 0 Å². The van der Waals surface area contributed by atoms with Gasteiger partial charge in [-0.1, -0.05) is 39.7 Å². The minimum absolute atomic E-state index is 0.257. The average molecular weight is 488 g/mol. The predicted octanol–water partition coefficient (Wildman–Crippen LogP) is 5.39. The van der Waals surface area contributed by atoms with Crippen molar-refractivity contribution < 1.29 is 19.1 Å². The van der Waals surface area contributed by atoms with Crippen molar-refractivity contribution >= 4 is 56.7 Å². The summed E-state index contributed by atoms with van der Waals surface area (Å²) in [5.74, 6) is -1.29. The van der Waals surface area contributed by atoms with Crippen LogP contribution in [0.2, 0.25) is 5.02 Å². The monoisotopic (exact) mass is 486 g/mol. The Kier molecular flexibility index (Phi) is 6.87. The molecule has 2 N–H and O–H groups in total. The molecule has 0 aromatic heterocycles. The van der Waals surface area contributed by atoms with Gasteiger partial charge in [0.1, 0.15) is 0 Å². The first kappa shape index (κ1) is 21.5. The van der Waals surface area contributed by atoms with Crippen LogP contribution in [0.15, 0.2) is 71.2 Å². The van der Waals surface area contributed by atoms with Crippen LogP contribution in [0.5, 0.6) is 0 Å². The molecule has 30 heavy (non-hydrogen) atoms. The van der Waals surface area contributed by atoms with E-state index in [4.69, 9.17) is 11.6 Å². The number of halogens is 2. The van der Waals surface area contributed by atoms with Gasteiger partial charge in [0, 0.05) is 21.3 Å². The summed E-state index contributed by atoms with van der Waals surface area (Å²) in [6.07, 6.45) is 0. The third kappa shape index (κ3) is 5.25. The zero-order chi connectivity index (χ0) is 21.7. The van der Waals surface area contributed by atoms with Crippen LogP contribution in [0.25, 0.3) is 0 Å². The number of nitrogens with one attached hydrogen (secondary N) is 2. The number of anilines is 2. The van der Waals surface area contributed by atoms with Crippen LogP contribution in [0, 0.1) is 0 Å². The number of ether oxygens (including phenoxy) is 1. The lowest BCUT2D eigenvalue weighted by Gasteiger charge is -2.11. The Labute approximate surface area is 186 Å². The molecule has 0 bridgehead atoms. The Morgan fingerprint density at radius 2 is 1.50 bits per heavy atom. The molecule has 152 valence electrons. The molecule has 3 aromatic carbocycles. The minimum atomic E-state index is -0.542. The number of carbonyl (C=O) groups excluding carboxylic acids is 3. The molecule has 8 heteroatoms. The van der Waals surface area contributed by atoms with Crippen molar-refractivity contribution in [3.05, 3.63) is 92.9 Å². The highest BCUT2D eigenvalue weighted by atomic mass is 79.9. The van der Waals surface area contributed by atoms with Gasteiger partial charge in [-0.2, -0.15) is 0 Å². The Hall–Kier alpha value is -3.16. The third-order valence-corrected chi connectivity index (χ3v) is 4.93. The molecule has 0 fully saturated rings. The molecule has 0 spiro atoms. The number of rotatable bonds is 5. The van der Waals surface area contributed by atoms with Crippen molar-refractivity contribution in [2.24, 2.45) is 0 Å². The van der Waals surface area contributed by atoms with Crippen molar-refractivity contribution in [1.29, 1.82) is 0 Å². The van der Waals surface area contributed by atoms with Crippen molar-refractivity contribution in [2.45, 2.75) is 0 Å². The maximum absolute atomic E-state index is 12.7. The Morgan fingerprint density at radius 1 is 0.833 bits per heavy atom. The van der Waals surface area contributed by atoms with Crippen molar-refractivity contribution in [2.75, 3.05) is 17.7 Å². The van der Waals surface area contributed by atoms with Crippen LogP contribution in [0.4, 0.5) is 11.4 Å². The zero-order valence-corrected chi connectivity index (χ0v) is 18.1. The van der Waals surface area contributed by atoms with E-state index in [1.807, 2.05) is 6.07 Å². The normalized spacial score (nSPS) is 10.2. The molecule has 6 nitrogen and oxygen atoms in total. The Balaban J connectivity index is 1.77. The highest BCUT2D eigenvalue weighted by Gasteiger charge is 2.14. The summed E-state index contributed by atoms with van der Waals surface area (Å²) < 4.78 is 5.47.